The molecule has 0 amide bonds. The topological polar surface area (TPSA) is 44.1 Å². The summed E-state index contributed by atoms with van der Waals surface area (Å²) >= 11 is 3.49. The molecule has 1 heterocycles. The normalized spacial score (nSPS) is 12.2. The molecule has 0 aliphatic heterocycles. The SMILES string of the molecule is CCc1ccc(OCC(=O)n2nc(C)c(C(C)CC)c2C)c(Br)c1. The summed E-state index contributed by atoms with van der Waals surface area (Å²) in [5.74, 6) is 0.907. The molecule has 2 rings (SSSR count). The number of halogens is 1. The maximum Gasteiger partial charge on any atom is 0.284 e. The molecule has 1 unspecified atom stereocenters. The van der Waals surface area contributed by atoms with Crippen LogP contribution in [0.3, 0.4) is 0 Å². The highest BCUT2D eigenvalue weighted by molar-refractivity contribution is 9.10. The van der Waals surface area contributed by atoms with Crippen molar-refractivity contribution >= 4 is 21.8 Å². The second-order valence-corrected chi connectivity index (χ2v) is 6.96. The van der Waals surface area contributed by atoms with Crippen molar-refractivity contribution in [1.29, 1.82) is 0 Å². The quantitative estimate of drug-likeness (QED) is 0.689. The van der Waals surface area contributed by atoms with Crippen LogP contribution >= 0.6 is 15.9 Å². The predicted octanol–water partition coefficient (Wildman–Crippen LogP) is 5.06. The van der Waals surface area contributed by atoms with Crippen LogP contribution in [0.25, 0.3) is 0 Å². The fourth-order valence-electron chi connectivity index (χ4n) is 2.90. The van der Waals surface area contributed by atoms with Gasteiger partial charge in [-0.1, -0.05) is 26.8 Å². The van der Waals surface area contributed by atoms with E-state index in [1.807, 2.05) is 32.0 Å². The monoisotopic (exact) mass is 392 g/mol. The second kappa shape index (κ2) is 7.97. The number of carbonyl (C=O) groups is 1. The van der Waals surface area contributed by atoms with Gasteiger partial charge in [0, 0.05) is 5.69 Å². The zero-order valence-electron chi connectivity index (χ0n) is 15.0. The van der Waals surface area contributed by atoms with Gasteiger partial charge in [-0.2, -0.15) is 5.10 Å². The van der Waals surface area contributed by atoms with E-state index in [1.54, 1.807) is 0 Å². The van der Waals surface area contributed by atoms with Crippen molar-refractivity contribution in [3.63, 3.8) is 0 Å². The van der Waals surface area contributed by atoms with E-state index in [1.165, 1.54) is 15.8 Å². The molecule has 0 aliphatic carbocycles. The first kappa shape index (κ1) is 18.7. The molecule has 5 heteroatoms. The molecule has 130 valence electrons. The molecular formula is C19H25BrN2O2. The molecule has 0 saturated carbocycles. The molecule has 0 radical (unpaired) electrons. The van der Waals surface area contributed by atoms with Gasteiger partial charge in [0.1, 0.15) is 5.75 Å². The third-order valence-electron chi connectivity index (χ3n) is 4.44. The molecular weight excluding hydrogens is 368 g/mol. The number of hydrogen-bond donors (Lipinski definition) is 0. The Labute approximate surface area is 152 Å². The van der Waals surface area contributed by atoms with Gasteiger partial charge < -0.3 is 4.74 Å². The van der Waals surface area contributed by atoms with E-state index < -0.39 is 0 Å². The molecule has 1 atom stereocenters. The van der Waals surface area contributed by atoms with Crippen molar-refractivity contribution in [3.8, 4) is 5.75 Å². The lowest BCUT2D eigenvalue weighted by Gasteiger charge is -2.11. The predicted molar refractivity (Wildman–Crippen MR) is 100 cm³/mol. The van der Waals surface area contributed by atoms with Gasteiger partial charge in [0.05, 0.1) is 10.2 Å². The molecule has 0 N–H and O–H groups in total. The maximum atomic E-state index is 12.5. The van der Waals surface area contributed by atoms with Crippen molar-refractivity contribution < 1.29 is 9.53 Å². The first-order chi connectivity index (χ1) is 11.4. The molecule has 0 fully saturated rings. The molecule has 0 aliphatic rings. The van der Waals surface area contributed by atoms with Gasteiger partial charge in [0.2, 0.25) is 0 Å². The average molecular weight is 393 g/mol. The standard InChI is InChI=1S/C19H25BrN2O2/c1-6-12(3)19-13(4)21-22(14(19)5)18(23)11-24-17-9-8-15(7-2)10-16(17)20/h8-10,12H,6-7,11H2,1-5H3. The van der Waals surface area contributed by atoms with Crippen LogP contribution < -0.4 is 4.74 Å². The van der Waals surface area contributed by atoms with Gasteiger partial charge in [-0.05, 0) is 71.8 Å². The third kappa shape index (κ3) is 3.89. The van der Waals surface area contributed by atoms with Crippen LogP contribution in [0.15, 0.2) is 22.7 Å². The highest BCUT2D eigenvalue weighted by Gasteiger charge is 2.20. The Hall–Kier alpha value is -1.62. The van der Waals surface area contributed by atoms with E-state index >= 15 is 0 Å². The van der Waals surface area contributed by atoms with Gasteiger partial charge in [0.25, 0.3) is 5.91 Å². The molecule has 0 bridgehead atoms. The van der Waals surface area contributed by atoms with Gasteiger partial charge >= 0.3 is 0 Å². The lowest BCUT2D eigenvalue weighted by atomic mass is 9.97. The molecule has 4 nitrogen and oxygen atoms in total. The first-order valence-corrected chi connectivity index (χ1v) is 9.18. The summed E-state index contributed by atoms with van der Waals surface area (Å²) in [6.45, 7) is 10.3. The Balaban J connectivity index is 2.13. The summed E-state index contributed by atoms with van der Waals surface area (Å²) in [7, 11) is 0. The molecule has 24 heavy (non-hydrogen) atoms. The van der Waals surface area contributed by atoms with E-state index in [0.29, 0.717) is 11.7 Å². The van der Waals surface area contributed by atoms with E-state index in [2.05, 4.69) is 41.8 Å². The van der Waals surface area contributed by atoms with Crippen LogP contribution in [0.1, 0.15) is 60.4 Å². The zero-order valence-corrected chi connectivity index (χ0v) is 16.6. The summed E-state index contributed by atoms with van der Waals surface area (Å²) in [6, 6.07) is 5.92. The van der Waals surface area contributed by atoms with Crippen molar-refractivity contribution in [1.82, 2.24) is 9.78 Å². The number of aromatic nitrogens is 2. The van der Waals surface area contributed by atoms with Crippen LogP contribution in [0, 0.1) is 13.8 Å². The lowest BCUT2D eigenvalue weighted by molar-refractivity contribution is 0.0817. The third-order valence-corrected chi connectivity index (χ3v) is 5.06. The maximum absolute atomic E-state index is 12.5. The van der Waals surface area contributed by atoms with Crippen LogP contribution in [0.4, 0.5) is 0 Å². The number of rotatable bonds is 6. The minimum atomic E-state index is -0.156. The number of aryl methyl sites for hydroxylation is 2. The minimum absolute atomic E-state index is 0.0357. The summed E-state index contributed by atoms with van der Waals surface area (Å²) in [4.78, 5) is 12.5. The Morgan fingerprint density at radius 2 is 2.04 bits per heavy atom. The lowest BCUT2D eigenvalue weighted by Crippen LogP contribution is -2.22. The summed E-state index contributed by atoms with van der Waals surface area (Å²) in [5, 5.41) is 4.42. The van der Waals surface area contributed by atoms with Gasteiger partial charge in [0.15, 0.2) is 6.61 Å². The van der Waals surface area contributed by atoms with E-state index in [-0.39, 0.29) is 12.5 Å². The van der Waals surface area contributed by atoms with Crippen molar-refractivity contribution in [2.45, 2.75) is 53.4 Å². The largest absolute Gasteiger partial charge is 0.483 e. The smallest absolute Gasteiger partial charge is 0.284 e. The number of carbonyl (C=O) groups excluding carboxylic acids is 1. The Morgan fingerprint density at radius 3 is 2.62 bits per heavy atom. The zero-order chi connectivity index (χ0) is 17.9. The van der Waals surface area contributed by atoms with E-state index in [9.17, 15) is 4.79 Å². The highest BCUT2D eigenvalue weighted by Crippen LogP contribution is 2.27. The molecule has 0 spiro atoms. The summed E-state index contributed by atoms with van der Waals surface area (Å²) in [5.41, 5.74) is 4.22. The second-order valence-electron chi connectivity index (χ2n) is 6.11. The number of ether oxygens (including phenoxy) is 1. The van der Waals surface area contributed by atoms with Gasteiger partial charge in [-0.25, -0.2) is 4.68 Å². The summed E-state index contributed by atoms with van der Waals surface area (Å²) < 4.78 is 8.03. The Morgan fingerprint density at radius 1 is 1.33 bits per heavy atom. The van der Waals surface area contributed by atoms with Crippen LogP contribution in [-0.4, -0.2) is 22.3 Å². The Kier molecular flexibility index (Phi) is 6.21. The fourth-order valence-corrected chi connectivity index (χ4v) is 3.44. The number of benzene rings is 1. The van der Waals surface area contributed by atoms with Gasteiger partial charge in [-0.15, -0.1) is 0 Å². The van der Waals surface area contributed by atoms with Crippen molar-refractivity contribution in [2.24, 2.45) is 0 Å². The van der Waals surface area contributed by atoms with E-state index in [4.69, 9.17) is 4.74 Å². The molecule has 1 aromatic heterocycles. The molecule has 2 aromatic rings. The first-order valence-electron chi connectivity index (χ1n) is 8.39. The highest BCUT2D eigenvalue weighted by atomic mass is 79.9. The summed E-state index contributed by atoms with van der Waals surface area (Å²) in [6.07, 6.45) is 1.98. The average Bonchev–Trinajstić information content (AvgIpc) is 2.87. The van der Waals surface area contributed by atoms with Crippen molar-refractivity contribution in [3.05, 3.63) is 45.2 Å². The molecule has 1 aromatic carbocycles. The fraction of sp³-hybridized carbons (Fsp3) is 0.474. The number of hydrogen-bond acceptors (Lipinski definition) is 3. The Bertz CT molecular complexity index is 737. The van der Waals surface area contributed by atoms with Crippen LogP contribution in [0.2, 0.25) is 0 Å². The van der Waals surface area contributed by atoms with Crippen LogP contribution in [0.5, 0.6) is 5.75 Å². The number of nitrogens with zero attached hydrogens (tertiary/aromatic N) is 2. The van der Waals surface area contributed by atoms with Crippen LogP contribution in [-0.2, 0) is 6.42 Å². The van der Waals surface area contributed by atoms with Crippen molar-refractivity contribution in [2.75, 3.05) is 6.61 Å². The van der Waals surface area contributed by atoms with E-state index in [0.717, 1.165) is 28.7 Å². The minimum Gasteiger partial charge on any atom is -0.483 e. The van der Waals surface area contributed by atoms with Gasteiger partial charge in [-0.3, -0.25) is 4.79 Å². The molecule has 0 saturated heterocycles.